The quantitative estimate of drug-likeness (QED) is 0.876. The van der Waals surface area contributed by atoms with Gasteiger partial charge in [0.15, 0.2) is 0 Å². The largest absolute Gasteiger partial charge is 0.376 e. The number of hydrogen-bond acceptors (Lipinski definition) is 2. The Hall–Kier alpha value is -1.22. The number of carbonyl (C=O) groups is 1. The Labute approximate surface area is 108 Å². The van der Waals surface area contributed by atoms with Gasteiger partial charge in [-0.25, -0.2) is 0 Å². The van der Waals surface area contributed by atoms with Gasteiger partial charge in [0.25, 0.3) is 0 Å². The average Bonchev–Trinajstić information content (AvgIpc) is 2.32. The molecule has 1 amide bonds. The molecule has 0 aliphatic rings. The van der Waals surface area contributed by atoms with Crippen molar-refractivity contribution in [3.05, 3.63) is 28.8 Å². The summed E-state index contributed by atoms with van der Waals surface area (Å²) >= 11 is 6.01. The first kappa shape index (κ1) is 13.8. The van der Waals surface area contributed by atoms with Gasteiger partial charge in [0, 0.05) is 23.8 Å². The van der Waals surface area contributed by atoms with Crippen LogP contribution in [0.25, 0.3) is 0 Å². The van der Waals surface area contributed by atoms with E-state index < -0.39 is 0 Å². The van der Waals surface area contributed by atoms with Crippen molar-refractivity contribution >= 4 is 23.2 Å². The Morgan fingerprint density at radius 2 is 2.00 bits per heavy atom. The summed E-state index contributed by atoms with van der Waals surface area (Å²) in [5, 5.41) is 3.80. The van der Waals surface area contributed by atoms with Crippen LogP contribution in [-0.2, 0) is 4.79 Å². The monoisotopic (exact) mass is 254 g/mol. The zero-order valence-corrected chi connectivity index (χ0v) is 11.3. The first-order valence-corrected chi connectivity index (χ1v) is 6.24. The lowest BCUT2D eigenvalue weighted by atomic mass is 10.2. The van der Waals surface area contributed by atoms with Crippen LogP contribution in [0.2, 0.25) is 5.02 Å². The van der Waals surface area contributed by atoms with Gasteiger partial charge in [0.1, 0.15) is 0 Å². The summed E-state index contributed by atoms with van der Waals surface area (Å²) < 4.78 is 0. The lowest BCUT2D eigenvalue weighted by Crippen LogP contribution is -2.35. The number of nitrogens with one attached hydrogen (secondary N) is 1. The number of amides is 1. The van der Waals surface area contributed by atoms with Crippen LogP contribution in [0.5, 0.6) is 0 Å². The zero-order valence-electron chi connectivity index (χ0n) is 10.6. The Kier molecular flexibility index (Phi) is 5.29. The second-order valence-corrected chi connectivity index (χ2v) is 4.29. The maximum Gasteiger partial charge on any atom is 0.241 e. The third-order valence-electron chi connectivity index (χ3n) is 2.73. The fourth-order valence-electron chi connectivity index (χ4n) is 1.57. The van der Waals surface area contributed by atoms with Crippen molar-refractivity contribution in [2.45, 2.75) is 20.8 Å². The summed E-state index contributed by atoms with van der Waals surface area (Å²) in [5.74, 6) is 0.103. The number of nitrogens with zero attached hydrogens (tertiary/aromatic N) is 1. The highest BCUT2D eigenvalue weighted by molar-refractivity contribution is 6.31. The summed E-state index contributed by atoms with van der Waals surface area (Å²) in [6, 6.07) is 5.70. The molecule has 0 aliphatic carbocycles. The second-order valence-electron chi connectivity index (χ2n) is 3.88. The lowest BCUT2D eigenvalue weighted by Gasteiger charge is -2.19. The molecule has 0 spiro atoms. The van der Waals surface area contributed by atoms with Crippen molar-refractivity contribution in [1.82, 2.24) is 4.90 Å². The van der Waals surface area contributed by atoms with Crippen LogP contribution in [-0.4, -0.2) is 30.4 Å². The number of likely N-dealkylation sites (N-methyl/N-ethyl adjacent to an activating group) is 1. The number of benzene rings is 1. The molecule has 1 aromatic carbocycles. The van der Waals surface area contributed by atoms with Crippen molar-refractivity contribution in [2.24, 2.45) is 0 Å². The Bertz CT molecular complexity index is 389. The number of halogens is 1. The predicted octanol–water partition coefficient (Wildman–Crippen LogP) is 2.93. The molecule has 17 heavy (non-hydrogen) atoms. The standard InChI is InChI=1S/C13H19ClN2O/c1-4-16(5-2)13(17)9-15-11-7-6-10(3)12(14)8-11/h6-8,15H,4-5,9H2,1-3H3. The number of anilines is 1. The molecule has 94 valence electrons. The smallest absolute Gasteiger partial charge is 0.241 e. The van der Waals surface area contributed by atoms with Crippen LogP contribution in [0, 0.1) is 6.92 Å². The second kappa shape index (κ2) is 6.50. The minimum atomic E-state index is 0.103. The van der Waals surface area contributed by atoms with Gasteiger partial charge in [-0.2, -0.15) is 0 Å². The highest BCUT2D eigenvalue weighted by Crippen LogP contribution is 2.19. The van der Waals surface area contributed by atoms with Crippen LogP contribution >= 0.6 is 11.6 Å². The van der Waals surface area contributed by atoms with E-state index in [9.17, 15) is 4.79 Å². The molecule has 0 bridgehead atoms. The molecule has 1 N–H and O–H groups in total. The third-order valence-corrected chi connectivity index (χ3v) is 3.14. The van der Waals surface area contributed by atoms with Crippen molar-refractivity contribution in [3.63, 3.8) is 0 Å². The zero-order chi connectivity index (χ0) is 12.8. The van der Waals surface area contributed by atoms with Crippen LogP contribution in [0.4, 0.5) is 5.69 Å². The van der Waals surface area contributed by atoms with Crippen LogP contribution in [0.15, 0.2) is 18.2 Å². The van der Waals surface area contributed by atoms with Gasteiger partial charge in [-0.15, -0.1) is 0 Å². The molecule has 0 saturated carbocycles. The van der Waals surface area contributed by atoms with E-state index in [4.69, 9.17) is 11.6 Å². The molecule has 0 aliphatic heterocycles. The molecule has 1 rings (SSSR count). The van der Waals surface area contributed by atoms with E-state index in [-0.39, 0.29) is 5.91 Å². The van der Waals surface area contributed by atoms with Crippen molar-refractivity contribution in [1.29, 1.82) is 0 Å². The van der Waals surface area contributed by atoms with Crippen molar-refractivity contribution in [2.75, 3.05) is 25.0 Å². The molecule has 4 heteroatoms. The van der Waals surface area contributed by atoms with E-state index in [0.29, 0.717) is 11.6 Å². The molecular formula is C13H19ClN2O. The maximum absolute atomic E-state index is 11.8. The summed E-state index contributed by atoms with van der Waals surface area (Å²) in [4.78, 5) is 13.6. The fraction of sp³-hybridized carbons (Fsp3) is 0.462. The average molecular weight is 255 g/mol. The van der Waals surface area contributed by atoms with E-state index in [1.165, 1.54) is 0 Å². The highest BCUT2D eigenvalue weighted by atomic mass is 35.5. The molecule has 0 aromatic heterocycles. The number of carbonyl (C=O) groups excluding carboxylic acids is 1. The molecular weight excluding hydrogens is 236 g/mol. The summed E-state index contributed by atoms with van der Waals surface area (Å²) in [6.45, 7) is 7.69. The van der Waals surface area contributed by atoms with Crippen LogP contribution in [0.1, 0.15) is 19.4 Å². The number of aryl methyl sites for hydroxylation is 1. The van der Waals surface area contributed by atoms with Gasteiger partial charge < -0.3 is 10.2 Å². The van der Waals surface area contributed by atoms with Crippen molar-refractivity contribution < 1.29 is 4.79 Å². The minimum absolute atomic E-state index is 0.103. The first-order valence-electron chi connectivity index (χ1n) is 5.86. The number of hydrogen-bond donors (Lipinski definition) is 1. The van der Waals surface area contributed by atoms with Gasteiger partial charge in [-0.1, -0.05) is 17.7 Å². The number of rotatable bonds is 5. The van der Waals surface area contributed by atoms with Crippen LogP contribution < -0.4 is 5.32 Å². The predicted molar refractivity (Wildman–Crippen MR) is 72.6 cm³/mol. The van der Waals surface area contributed by atoms with E-state index in [2.05, 4.69) is 5.32 Å². The van der Waals surface area contributed by atoms with Crippen LogP contribution in [0.3, 0.4) is 0 Å². The van der Waals surface area contributed by atoms with Gasteiger partial charge >= 0.3 is 0 Å². The van der Waals surface area contributed by atoms with Gasteiger partial charge in [-0.3, -0.25) is 4.79 Å². The van der Waals surface area contributed by atoms with Crippen molar-refractivity contribution in [3.8, 4) is 0 Å². The van der Waals surface area contributed by atoms with E-state index in [0.717, 1.165) is 24.3 Å². The SMILES string of the molecule is CCN(CC)C(=O)CNc1ccc(C)c(Cl)c1. The molecule has 0 fully saturated rings. The molecule has 0 atom stereocenters. The first-order chi connectivity index (χ1) is 8.08. The van der Waals surface area contributed by atoms with Gasteiger partial charge in [-0.05, 0) is 38.5 Å². The lowest BCUT2D eigenvalue weighted by molar-refractivity contribution is -0.128. The van der Waals surface area contributed by atoms with E-state index in [1.54, 1.807) is 4.90 Å². The van der Waals surface area contributed by atoms with Gasteiger partial charge in [0.05, 0.1) is 6.54 Å². The summed E-state index contributed by atoms with van der Waals surface area (Å²) in [6.07, 6.45) is 0. The molecule has 0 radical (unpaired) electrons. The molecule has 0 heterocycles. The van der Waals surface area contributed by atoms with Gasteiger partial charge in [0.2, 0.25) is 5.91 Å². The van der Waals surface area contributed by atoms with E-state index in [1.807, 2.05) is 39.0 Å². The maximum atomic E-state index is 11.8. The van der Waals surface area contributed by atoms with E-state index >= 15 is 0 Å². The fourth-order valence-corrected chi connectivity index (χ4v) is 1.75. The minimum Gasteiger partial charge on any atom is -0.376 e. The molecule has 0 unspecified atom stereocenters. The highest BCUT2D eigenvalue weighted by Gasteiger charge is 2.08. The topological polar surface area (TPSA) is 32.3 Å². The third kappa shape index (κ3) is 3.93. The Morgan fingerprint density at radius 3 is 2.53 bits per heavy atom. The summed E-state index contributed by atoms with van der Waals surface area (Å²) in [7, 11) is 0. The molecule has 0 saturated heterocycles. The Balaban J connectivity index is 2.55. The normalized spacial score (nSPS) is 10.1. The Morgan fingerprint density at radius 1 is 1.35 bits per heavy atom. The summed E-state index contributed by atoms with van der Waals surface area (Å²) in [5.41, 5.74) is 1.91. The molecule has 1 aromatic rings. The molecule has 3 nitrogen and oxygen atoms in total.